The summed E-state index contributed by atoms with van der Waals surface area (Å²) >= 11 is 0. The van der Waals surface area contributed by atoms with Gasteiger partial charge in [-0.2, -0.15) is 0 Å². The van der Waals surface area contributed by atoms with E-state index in [2.05, 4.69) is 61.1 Å². The van der Waals surface area contributed by atoms with Crippen LogP contribution in [0.15, 0.2) is 42.7 Å². The third kappa shape index (κ3) is 3.71. The van der Waals surface area contributed by atoms with Crippen molar-refractivity contribution in [2.24, 2.45) is 0 Å². The van der Waals surface area contributed by atoms with Crippen LogP contribution in [-0.4, -0.2) is 26.7 Å². The zero-order chi connectivity index (χ0) is 16.7. The van der Waals surface area contributed by atoms with Gasteiger partial charge in [-0.05, 0) is 46.1 Å². The van der Waals surface area contributed by atoms with E-state index < -0.39 is 7.79 Å². The minimum Gasteiger partial charge on any atom is -0.307 e. The Labute approximate surface area is 140 Å². The largest absolute Gasteiger partial charge is 0.332 e. The maximum atomic E-state index is 11.3. The molecular weight excluding hydrogens is 305 g/mol. The predicted molar refractivity (Wildman–Crippen MR) is 97.7 cm³/mol. The van der Waals surface area contributed by atoms with Crippen LogP contribution in [0.5, 0.6) is 0 Å². The van der Waals surface area contributed by atoms with Crippen molar-refractivity contribution >= 4 is 7.79 Å². The Kier molecular flexibility index (Phi) is 4.20. The minimum atomic E-state index is -2.39. The summed E-state index contributed by atoms with van der Waals surface area (Å²) in [5.41, 5.74) is 1.32. The predicted octanol–water partition coefficient (Wildman–Crippen LogP) is 3.63. The van der Waals surface area contributed by atoms with E-state index in [1.54, 1.807) is 0 Å². The van der Waals surface area contributed by atoms with Crippen molar-refractivity contribution in [1.29, 1.82) is 0 Å². The fraction of sp³-hybridized carbons (Fsp3) is 0.556. The van der Waals surface area contributed by atoms with E-state index in [0.29, 0.717) is 12.2 Å². The van der Waals surface area contributed by atoms with E-state index in [0.717, 1.165) is 12.8 Å². The third-order valence-electron chi connectivity index (χ3n) is 4.68. The summed E-state index contributed by atoms with van der Waals surface area (Å²) in [5, 5.41) is 7.00. The lowest BCUT2D eigenvalue weighted by Crippen LogP contribution is -2.61. The highest BCUT2D eigenvalue weighted by atomic mass is 31.2. The van der Waals surface area contributed by atoms with Gasteiger partial charge in [-0.3, -0.25) is 0 Å². The molecule has 3 rings (SSSR count). The van der Waals surface area contributed by atoms with Crippen molar-refractivity contribution in [3.8, 4) is 0 Å². The Hall–Kier alpha value is -1.09. The molecule has 0 radical (unpaired) electrons. The maximum Gasteiger partial charge on any atom is 0.332 e. The van der Waals surface area contributed by atoms with Gasteiger partial charge in [-0.1, -0.05) is 30.3 Å². The summed E-state index contributed by atoms with van der Waals surface area (Å²) < 4.78 is 2.23. The molecule has 3 N–H and O–H groups in total. The number of nitrogens with zero attached hydrogens (tertiary/aromatic N) is 1. The van der Waals surface area contributed by atoms with Gasteiger partial charge in [0.15, 0.2) is 6.16 Å². The summed E-state index contributed by atoms with van der Waals surface area (Å²) in [5.74, 6) is 0. The van der Waals surface area contributed by atoms with Crippen LogP contribution in [0, 0.1) is 0 Å². The molecule has 0 saturated carbocycles. The van der Waals surface area contributed by atoms with Crippen LogP contribution < -0.4 is 10.4 Å². The van der Waals surface area contributed by atoms with Gasteiger partial charge in [0.05, 0.1) is 18.4 Å². The number of hydrogen-bond donors (Lipinski definition) is 3. The Bertz CT molecular complexity index is 571. The molecule has 0 spiro atoms. The summed E-state index contributed by atoms with van der Waals surface area (Å²) in [6.07, 6.45) is 6.70. The number of piperidine rings is 1. The van der Waals surface area contributed by atoms with Crippen LogP contribution in [0.2, 0.25) is 0 Å². The van der Waals surface area contributed by atoms with Crippen LogP contribution >= 0.6 is 7.79 Å². The highest BCUT2D eigenvalue weighted by molar-refractivity contribution is 7.65. The minimum absolute atomic E-state index is 0.0699. The van der Waals surface area contributed by atoms with Crippen molar-refractivity contribution < 1.29 is 4.89 Å². The van der Waals surface area contributed by atoms with Gasteiger partial charge in [0.25, 0.3) is 0 Å². The Morgan fingerprint density at radius 1 is 1.13 bits per heavy atom. The van der Waals surface area contributed by atoms with Gasteiger partial charge in [0.2, 0.25) is 0 Å². The SMILES string of the molecule is CC1(C)CC(N2C=CN[P+]2(O)Cc2ccccc2)CC(C)(C)N1. The Balaban J connectivity index is 1.81. The molecule has 0 aliphatic carbocycles. The van der Waals surface area contributed by atoms with Gasteiger partial charge >= 0.3 is 7.79 Å². The van der Waals surface area contributed by atoms with Crippen LogP contribution in [0.4, 0.5) is 0 Å². The zero-order valence-corrected chi connectivity index (χ0v) is 15.5. The lowest BCUT2D eigenvalue weighted by atomic mass is 9.80. The van der Waals surface area contributed by atoms with E-state index in [9.17, 15) is 4.89 Å². The topological polar surface area (TPSA) is 47.5 Å². The first-order chi connectivity index (χ1) is 10.7. The van der Waals surface area contributed by atoms with Crippen LogP contribution in [0.25, 0.3) is 0 Å². The van der Waals surface area contributed by atoms with E-state index in [1.165, 1.54) is 5.56 Å². The fourth-order valence-corrected chi connectivity index (χ4v) is 6.62. The number of benzene rings is 1. The molecule has 2 heterocycles. The number of nitrogens with one attached hydrogen (secondary N) is 2. The first-order valence-electron chi connectivity index (χ1n) is 8.37. The van der Waals surface area contributed by atoms with Gasteiger partial charge in [0, 0.05) is 11.1 Å². The van der Waals surface area contributed by atoms with Crippen LogP contribution in [0.3, 0.4) is 0 Å². The number of hydrogen-bond acceptors (Lipinski definition) is 4. The van der Waals surface area contributed by atoms with Crippen LogP contribution in [-0.2, 0) is 6.16 Å². The second kappa shape index (κ2) is 5.77. The Morgan fingerprint density at radius 2 is 1.74 bits per heavy atom. The molecular formula is C18H29N3OP+. The quantitative estimate of drug-likeness (QED) is 0.739. The third-order valence-corrected chi connectivity index (χ3v) is 7.27. The van der Waals surface area contributed by atoms with E-state index in [1.807, 2.05) is 24.4 Å². The summed E-state index contributed by atoms with van der Waals surface area (Å²) in [6, 6.07) is 10.6. The molecule has 1 aromatic carbocycles. The maximum absolute atomic E-state index is 11.3. The molecule has 2 aliphatic rings. The Morgan fingerprint density at radius 3 is 2.35 bits per heavy atom. The van der Waals surface area contributed by atoms with E-state index >= 15 is 0 Å². The van der Waals surface area contributed by atoms with Crippen molar-refractivity contribution in [2.75, 3.05) is 0 Å². The van der Waals surface area contributed by atoms with Gasteiger partial charge < -0.3 is 5.32 Å². The van der Waals surface area contributed by atoms with Crippen molar-refractivity contribution in [3.05, 3.63) is 48.3 Å². The summed E-state index contributed by atoms with van der Waals surface area (Å²) in [7, 11) is -2.39. The van der Waals surface area contributed by atoms with Gasteiger partial charge in [-0.25, -0.2) is 14.7 Å². The molecule has 1 saturated heterocycles. The smallest absolute Gasteiger partial charge is 0.307 e. The number of rotatable bonds is 3. The normalized spacial score (nSPS) is 29.5. The summed E-state index contributed by atoms with van der Waals surface area (Å²) in [6.45, 7) is 9.01. The molecule has 0 aromatic heterocycles. The van der Waals surface area contributed by atoms with Crippen LogP contribution in [0.1, 0.15) is 46.1 Å². The molecule has 4 nitrogen and oxygen atoms in total. The monoisotopic (exact) mass is 334 g/mol. The lowest BCUT2D eigenvalue weighted by molar-refractivity contribution is 0.122. The molecule has 23 heavy (non-hydrogen) atoms. The first kappa shape index (κ1) is 16.8. The highest BCUT2D eigenvalue weighted by Crippen LogP contribution is 2.62. The van der Waals surface area contributed by atoms with Crippen molar-refractivity contribution in [1.82, 2.24) is 15.1 Å². The first-order valence-corrected chi connectivity index (χ1v) is 10.2. The molecule has 1 unspecified atom stereocenters. The van der Waals surface area contributed by atoms with Crippen molar-refractivity contribution in [2.45, 2.75) is 63.8 Å². The van der Waals surface area contributed by atoms with Gasteiger partial charge in [-0.15, -0.1) is 0 Å². The average Bonchev–Trinajstić information content (AvgIpc) is 2.78. The van der Waals surface area contributed by atoms with Crippen molar-refractivity contribution in [3.63, 3.8) is 0 Å². The zero-order valence-electron chi connectivity index (χ0n) is 14.6. The molecule has 1 atom stereocenters. The fourth-order valence-electron chi connectivity index (χ4n) is 4.22. The van der Waals surface area contributed by atoms with E-state index in [-0.39, 0.29) is 11.1 Å². The molecule has 1 fully saturated rings. The second-order valence-electron chi connectivity index (χ2n) is 8.15. The molecule has 0 amide bonds. The molecule has 0 bridgehead atoms. The summed E-state index contributed by atoms with van der Waals surface area (Å²) in [4.78, 5) is 11.3. The van der Waals surface area contributed by atoms with E-state index in [4.69, 9.17) is 0 Å². The molecule has 1 aromatic rings. The highest BCUT2D eigenvalue weighted by Gasteiger charge is 2.52. The molecule has 126 valence electrons. The second-order valence-corrected chi connectivity index (χ2v) is 10.7. The van der Waals surface area contributed by atoms with Gasteiger partial charge in [0.1, 0.15) is 0 Å². The molecule has 2 aliphatic heterocycles. The lowest BCUT2D eigenvalue weighted by Gasteiger charge is -2.48. The average molecular weight is 334 g/mol. The molecule has 5 heteroatoms. The standard InChI is InChI=1S/C18H29N3OP/c1-17(2)12-16(13-18(3,4)20-17)21-11-10-19-23(21,22)14-15-8-6-5-7-9-15/h5-11,16,19-20,22H,12-14H2,1-4H3/q+1.